The quantitative estimate of drug-likeness (QED) is 0.733. The summed E-state index contributed by atoms with van der Waals surface area (Å²) in [5, 5.41) is 3.07. The normalized spacial score (nSPS) is 17.8. The number of rotatable bonds is 5. The van der Waals surface area contributed by atoms with Crippen LogP contribution in [-0.4, -0.2) is 59.7 Å². The van der Waals surface area contributed by atoms with Gasteiger partial charge in [-0.15, -0.1) is 0 Å². The highest BCUT2D eigenvalue weighted by Crippen LogP contribution is 2.25. The number of aryl methyl sites for hydroxylation is 2. The molecule has 2 fully saturated rings. The van der Waals surface area contributed by atoms with Crippen molar-refractivity contribution in [2.75, 3.05) is 26.2 Å². The number of carbonyl (C=O) groups excluding carboxylic acids is 3. The van der Waals surface area contributed by atoms with E-state index in [1.165, 1.54) is 0 Å². The van der Waals surface area contributed by atoms with E-state index >= 15 is 0 Å². The Morgan fingerprint density at radius 1 is 0.824 bits per heavy atom. The Morgan fingerprint density at radius 3 is 2.12 bits per heavy atom. The molecule has 1 unspecified atom stereocenters. The first-order valence-corrected chi connectivity index (χ1v) is 12.5. The van der Waals surface area contributed by atoms with Gasteiger partial charge in [-0.25, -0.2) is 0 Å². The van der Waals surface area contributed by atoms with Gasteiger partial charge in [0.1, 0.15) is 6.04 Å². The largest absolute Gasteiger partial charge is 0.341 e. The Hall–Kier alpha value is -3.15. The van der Waals surface area contributed by atoms with Crippen molar-refractivity contribution in [3.63, 3.8) is 0 Å². The Kier molecular flexibility index (Phi) is 7.66. The first-order valence-electron chi connectivity index (χ1n) is 12.5. The van der Waals surface area contributed by atoms with Gasteiger partial charge < -0.3 is 15.1 Å². The van der Waals surface area contributed by atoms with Gasteiger partial charge in [0.2, 0.25) is 5.91 Å². The van der Waals surface area contributed by atoms with Crippen molar-refractivity contribution < 1.29 is 14.4 Å². The summed E-state index contributed by atoms with van der Waals surface area (Å²) in [6, 6.07) is 14.5. The summed E-state index contributed by atoms with van der Waals surface area (Å²) < 4.78 is 0. The molecule has 0 aromatic heterocycles. The van der Waals surface area contributed by atoms with Gasteiger partial charge in [0.05, 0.1) is 0 Å². The maximum absolute atomic E-state index is 13.5. The van der Waals surface area contributed by atoms with E-state index in [0.717, 1.165) is 49.0 Å². The van der Waals surface area contributed by atoms with Crippen LogP contribution in [-0.2, 0) is 4.79 Å². The van der Waals surface area contributed by atoms with Gasteiger partial charge in [-0.3, -0.25) is 14.4 Å². The third kappa shape index (κ3) is 5.49. The van der Waals surface area contributed by atoms with Gasteiger partial charge in [0.25, 0.3) is 11.8 Å². The zero-order valence-electron chi connectivity index (χ0n) is 20.3. The molecule has 0 spiro atoms. The van der Waals surface area contributed by atoms with Gasteiger partial charge in [-0.2, -0.15) is 0 Å². The number of piperidine rings is 2. The van der Waals surface area contributed by atoms with Crippen molar-refractivity contribution in [1.82, 2.24) is 15.1 Å². The fourth-order valence-electron chi connectivity index (χ4n) is 5.04. The fourth-order valence-corrected chi connectivity index (χ4v) is 5.04. The summed E-state index contributed by atoms with van der Waals surface area (Å²) >= 11 is 0. The van der Waals surface area contributed by atoms with E-state index in [4.69, 9.17) is 0 Å². The number of nitrogens with one attached hydrogen (secondary N) is 1. The molecular formula is C28H35N3O3. The van der Waals surface area contributed by atoms with Crippen LogP contribution in [0.3, 0.4) is 0 Å². The molecule has 2 aliphatic heterocycles. The highest BCUT2D eigenvalue weighted by Gasteiger charge is 2.36. The Bertz CT molecular complexity index is 1020. The van der Waals surface area contributed by atoms with Gasteiger partial charge in [-0.05, 0) is 75.6 Å². The molecule has 6 heteroatoms. The van der Waals surface area contributed by atoms with Crippen LogP contribution in [0.4, 0.5) is 0 Å². The highest BCUT2D eigenvalue weighted by atomic mass is 16.2. The lowest BCUT2D eigenvalue weighted by Crippen LogP contribution is -2.55. The fraction of sp³-hybridized carbons (Fsp3) is 0.464. The molecule has 6 nitrogen and oxygen atoms in total. The van der Waals surface area contributed by atoms with E-state index in [0.29, 0.717) is 31.5 Å². The predicted molar refractivity (Wildman–Crippen MR) is 133 cm³/mol. The summed E-state index contributed by atoms with van der Waals surface area (Å²) in [5.74, 6) is -0.151. The molecule has 2 aromatic rings. The monoisotopic (exact) mass is 461 g/mol. The van der Waals surface area contributed by atoms with Crippen molar-refractivity contribution in [3.05, 3.63) is 70.8 Å². The number of hydrogen-bond acceptors (Lipinski definition) is 3. The molecule has 34 heavy (non-hydrogen) atoms. The summed E-state index contributed by atoms with van der Waals surface area (Å²) in [4.78, 5) is 43.4. The smallest absolute Gasteiger partial charge is 0.254 e. The zero-order valence-corrected chi connectivity index (χ0v) is 20.3. The SMILES string of the molecule is Cc1ccc(C(=O)NC(C(=O)N2CCCCC2)C2CCN(C(=O)c3ccccc3C)CC2)cc1. The summed E-state index contributed by atoms with van der Waals surface area (Å²) in [7, 11) is 0. The molecule has 2 aliphatic rings. The summed E-state index contributed by atoms with van der Waals surface area (Å²) in [5.41, 5.74) is 3.35. The van der Waals surface area contributed by atoms with Crippen LogP contribution in [0, 0.1) is 19.8 Å². The summed E-state index contributed by atoms with van der Waals surface area (Å²) in [6.07, 6.45) is 4.54. The third-order valence-corrected chi connectivity index (χ3v) is 7.21. The molecular weight excluding hydrogens is 426 g/mol. The van der Waals surface area contributed by atoms with E-state index in [1.54, 1.807) is 12.1 Å². The van der Waals surface area contributed by atoms with Crippen LogP contribution >= 0.6 is 0 Å². The standard InChI is InChI=1S/C28H35N3O3/c1-20-10-12-23(13-11-20)26(32)29-25(28(34)30-16-6-3-7-17-30)22-14-18-31(19-15-22)27(33)24-9-5-4-8-21(24)2/h4-5,8-13,22,25H,3,6-7,14-19H2,1-2H3,(H,29,32). The molecule has 1 N–H and O–H groups in total. The van der Waals surface area contributed by atoms with Gasteiger partial charge in [-0.1, -0.05) is 35.9 Å². The molecule has 0 bridgehead atoms. The third-order valence-electron chi connectivity index (χ3n) is 7.21. The molecule has 180 valence electrons. The average Bonchev–Trinajstić information content (AvgIpc) is 2.88. The molecule has 2 heterocycles. The molecule has 3 amide bonds. The maximum Gasteiger partial charge on any atom is 0.254 e. The van der Waals surface area contributed by atoms with Crippen molar-refractivity contribution >= 4 is 17.7 Å². The minimum Gasteiger partial charge on any atom is -0.341 e. The summed E-state index contributed by atoms with van der Waals surface area (Å²) in [6.45, 7) is 6.61. The van der Waals surface area contributed by atoms with Crippen LogP contribution in [0.25, 0.3) is 0 Å². The number of nitrogens with zero attached hydrogens (tertiary/aromatic N) is 2. The van der Waals surface area contributed by atoms with Gasteiger partial charge >= 0.3 is 0 Å². The lowest BCUT2D eigenvalue weighted by molar-refractivity contribution is -0.136. The lowest BCUT2D eigenvalue weighted by Gasteiger charge is -2.38. The minimum atomic E-state index is -0.567. The number of likely N-dealkylation sites (tertiary alicyclic amines) is 2. The van der Waals surface area contributed by atoms with E-state index in [1.807, 2.05) is 60.0 Å². The topological polar surface area (TPSA) is 69.7 Å². The Balaban J connectivity index is 1.47. The van der Waals surface area contributed by atoms with Crippen molar-refractivity contribution in [1.29, 1.82) is 0 Å². The number of benzene rings is 2. The number of carbonyl (C=O) groups is 3. The first-order chi connectivity index (χ1) is 16.4. The van der Waals surface area contributed by atoms with Crippen molar-refractivity contribution in [3.8, 4) is 0 Å². The predicted octanol–water partition coefficient (Wildman–Crippen LogP) is 3.97. The van der Waals surface area contributed by atoms with E-state index in [9.17, 15) is 14.4 Å². The molecule has 2 saturated heterocycles. The van der Waals surface area contributed by atoms with E-state index in [-0.39, 0.29) is 23.6 Å². The second-order valence-electron chi connectivity index (χ2n) is 9.65. The molecule has 4 rings (SSSR count). The van der Waals surface area contributed by atoms with Crippen LogP contribution in [0.5, 0.6) is 0 Å². The number of amides is 3. The lowest BCUT2D eigenvalue weighted by atomic mass is 9.87. The molecule has 2 aromatic carbocycles. The number of hydrogen-bond donors (Lipinski definition) is 1. The average molecular weight is 462 g/mol. The van der Waals surface area contributed by atoms with E-state index < -0.39 is 6.04 Å². The minimum absolute atomic E-state index is 0.00439. The zero-order chi connectivity index (χ0) is 24.1. The van der Waals surface area contributed by atoms with Crippen LogP contribution < -0.4 is 5.32 Å². The van der Waals surface area contributed by atoms with E-state index in [2.05, 4.69) is 5.32 Å². The molecule has 0 aliphatic carbocycles. The second-order valence-corrected chi connectivity index (χ2v) is 9.65. The van der Waals surface area contributed by atoms with Gasteiger partial charge in [0.15, 0.2) is 0 Å². The molecule has 0 saturated carbocycles. The van der Waals surface area contributed by atoms with Crippen molar-refractivity contribution in [2.45, 2.75) is 52.0 Å². The van der Waals surface area contributed by atoms with Crippen LogP contribution in [0.15, 0.2) is 48.5 Å². The van der Waals surface area contributed by atoms with Crippen LogP contribution in [0.1, 0.15) is 63.9 Å². The molecule has 0 radical (unpaired) electrons. The first kappa shape index (κ1) is 24.0. The highest BCUT2D eigenvalue weighted by molar-refractivity contribution is 5.98. The van der Waals surface area contributed by atoms with Gasteiger partial charge in [0, 0.05) is 37.3 Å². The molecule has 1 atom stereocenters. The van der Waals surface area contributed by atoms with Crippen molar-refractivity contribution in [2.24, 2.45) is 5.92 Å². The maximum atomic E-state index is 13.5. The Morgan fingerprint density at radius 2 is 1.47 bits per heavy atom. The van der Waals surface area contributed by atoms with Crippen LogP contribution in [0.2, 0.25) is 0 Å². The second kappa shape index (κ2) is 10.9. The Labute approximate surface area is 202 Å².